The molecule has 9 heteroatoms. The van der Waals surface area contributed by atoms with Crippen molar-refractivity contribution in [2.24, 2.45) is 0 Å². The Morgan fingerprint density at radius 2 is 2.04 bits per heavy atom. The molecule has 0 amide bonds. The summed E-state index contributed by atoms with van der Waals surface area (Å²) in [4.78, 5) is 0. The molecule has 1 aromatic heterocycles. The van der Waals surface area contributed by atoms with E-state index in [9.17, 15) is 19.0 Å². The Labute approximate surface area is 148 Å². The monoisotopic (exact) mass is 372 g/mol. The molecule has 1 fully saturated rings. The lowest BCUT2D eigenvalue weighted by Crippen LogP contribution is -2.58. The van der Waals surface area contributed by atoms with Crippen LogP contribution in [0.5, 0.6) is 5.88 Å². The molecule has 1 aliphatic carbocycles. The van der Waals surface area contributed by atoms with Gasteiger partial charge in [0.05, 0.1) is 6.61 Å². The van der Waals surface area contributed by atoms with E-state index < -0.39 is 37.4 Å². The quantitative estimate of drug-likeness (QED) is 0.614. The van der Waals surface area contributed by atoms with Gasteiger partial charge in [-0.1, -0.05) is 6.08 Å². The first kappa shape index (κ1) is 19.0. The molecule has 26 heavy (non-hydrogen) atoms. The van der Waals surface area contributed by atoms with Gasteiger partial charge in [-0.25, -0.2) is 8.78 Å². The smallest absolute Gasteiger partial charge is 0.238 e. The third kappa shape index (κ3) is 3.66. The van der Waals surface area contributed by atoms with E-state index in [-0.39, 0.29) is 18.1 Å². The molecule has 0 aromatic carbocycles. The fourth-order valence-corrected chi connectivity index (χ4v) is 3.03. The fourth-order valence-electron chi connectivity index (χ4n) is 3.03. The van der Waals surface area contributed by atoms with Gasteiger partial charge < -0.3 is 24.8 Å². The van der Waals surface area contributed by atoms with E-state index >= 15 is 0 Å². The van der Waals surface area contributed by atoms with Crippen LogP contribution in [0.15, 0.2) is 23.6 Å². The second-order valence-electron chi connectivity index (χ2n) is 6.44. The van der Waals surface area contributed by atoms with Gasteiger partial charge in [0, 0.05) is 17.7 Å². The summed E-state index contributed by atoms with van der Waals surface area (Å²) in [6.07, 6.45) is -3.20. The molecule has 2 aliphatic rings. The summed E-state index contributed by atoms with van der Waals surface area (Å²) >= 11 is 0. The van der Waals surface area contributed by atoms with Crippen LogP contribution in [0.25, 0.3) is 0 Å². The first-order chi connectivity index (χ1) is 12.4. The fraction of sp³-hybridized carbons (Fsp3) is 0.588. The van der Waals surface area contributed by atoms with Crippen LogP contribution in [0.2, 0.25) is 0 Å². The van der Waals surface area contributed by atoms with E-state index in [0.717, 1.165) is 6.42 Å². The van der Waals surface area contributed by atoms with E-state index in [4.69, 9.17) is 14.6 Å². The summed E-state index contributed by atoms with van der Waals surface area (Å²) in [5, 5.41) is 35.7. The van der Waals surface area contributed by atoms with Gasteiger partial charge in [-0.2, -0.15) is 0 Å². The minimum absolute atomic E-state index is 0.0621. The summed E-state index contributed by atoms with van der Waals surface area (Å²) in [6.45, 7) is 1.06. The van der Waals surface area contributed by atoms with Crippen LogP contribution < -0.4 is 4.74 Å². The molecule has 1 saturated heterocycles. The third-order valence-corrected chi connectivity index (χ3v) is 4.62. The average Bonchev–Trinajstić information content (AvgIpc) is 2.97. The molecule has 3 rings (SSSR count). The SMILES string of the molecule is Cc1[nH]nc(OC2OC(CO)C(F)C(O)C2O)c1CC1=CCCC=C1F. The van der Waals surface area contributed by atoms with Crippen molar-refractivity contribution in [1.82, 2.24) is 10.2 Å². The first-order valence-corrected chi connectivity index (χ1v) is 8.44. The summed E-state index contributed by atoms with van der Waals surface area (Å²) in [5.74, 6) is -0.236. The number of ether oxygens (including phenoxy) is 2. The van der Waals surface area contributed by atoms with Crippen LogP contribution in [0.3, 0.4) is 0 Å². The third-order valence-electron chi connectivity index (χ3n) is 4.62. The van der Waals surface area contributed by atoms with Crippen molar-refractivity contribution < 1.29 is 33.6 Å². The molecule has 1 aromatic rings. The molecule has 2 heterocycles. The summed E-state index contributed by atoms with van der Waals surface area (Å²) in [7, 11) is 0. The second kappa shape index (κ2) is 7.83. The standard InChI is InChI=1S/C17H22F2N2O5/c1-8-10(6-9-4-2-3-5-11(9)18)16(21-20-8)26-17-15(24)14(23)13(19)12(7-22)25-17/h4-5,12-15,17,22-24H,2-3,6-7H2,1H3,(H,20,21). The molecule has 7 nitrogen and oxygen atoms in total. The highest BCUT2D eigenvalue weighted by molar-refractivity contribution is 5.40. The number of rotatable bonds is 5. The molecule has 5 unspecified atom stereocenters. The van der Waals surface area contributed by atoms with Crippen molar-refractivity contribution in [2.45, 2.75) is 57.0 Å². The summed E-state index contributed by atoms with van der Waals surface area (Å²) in [6, 6.07) is 0. The molecule has 0 bridgehead atoms. The van der Waals surface area contributed by atoms with Crippen molar-refractivity contribution in [3.8, 4) is 5.88 Å². The number of hydrogen-bond donors (Lipinski definition) is 4. The largest absolute Gasteiger partial charge is 0.443 e. The first-order valence-electron chi connectivity index (χ1n) is 8.44. The van der Waals surface area contributed by atoms with Gasteiger partial charge in [-0.15, -0.1) is 5.10 Å². The number of aliphatic hydroxyl groups is 3. The Balaban J connectivity index is 1.78. The molecule has 0 radical (unpaired) electrons. The van der Waals surface area contributed by atoms with Gasteiger partial charge in [0.1, 0.15) is 24.1 Å². The second-order valence-corrected chi connectivity index (χ2v) is 6.44. The number of aliphatic hydroxyl groups excluding tert-OH is 3. The minimum atomic E-state index is -1.94. The van der Waals surface area contributed by atoms with Gasteiger partial charge in [-0.3, -0.25) is 5.10 Å². The zero-order chi connectivity index (χ0) is 18.8. The predicted molar refractivity (Wildman–Crippen MR) is 86.8 cm³/mol. The van der Waals surface area contributed by atoms with Crippen LogP contribution in [0.1, 0.15) is 24.1 Å². The average molecular weight is 372 g/mol. The zero-order valence-corrected chi connectivity index (χ0v) is 14.2. The number of allylic oxidation sites excluding steroid dienone is 4. The molecule has 144 valence electrons. The number of nitrogens with zero attached hydrogens (tertiary/aromatic N) is 1. The lowest BCUT2D eigenvalue weighted by Gasteiger charge is -2.38. The van der Waals surface area contributed by atoms with Crippen LogP contribution in [0, 0.1) is 6.92 Å². The maximum Gasteiger partial charge on any atom is 0.238 e. The number of aryl methyl sites for hydroxylation is 1. The van der Waals surface area contributed by atoms with E-state index in [1.807, 2.05) is 0 Å². The molecule has 5 atom stereocenters. The van der Waals surface area contributed by atoms with Crippen molar-refractivity contribution in [2.75, 3.05) is 6.61 Å². The minimum Gasteiger partial charge on any atom is -0.443 e. The van der Waals surface area contributed by atoms with Crippen LogP contribution in [-0.2, 0) is 11.2 Å². The van der Waals surface area contributed by atoms with E-state index in [1.165, 1.54) is 6.08 Å². The van der Waals surface area contributed by atoms with Crippen molar-refractivity contribution in [3.63, 3.8) is 0 Å². The lowest BCUT2D eigenvalue weighted by atomic mass is 9.98. The number of alkyl halides is 1. The number of halogens is 2. The van der Waals surface area contributed by atoms with E-state index in [1.54, 1.807) is 13.0 Å². The highest BCUT2D eigenvalue weighted by Crippen LogP contribution is 2.31. The molecular weight excluding hydrogens is 350 g/mol. The summed E-state index contributed by atoms with van der Waals surface area (Å²) < 4.78 is 38.5. The molecule has 0 spiro atoms. The Hall–Kier alpha value is -1.81. The predicted octanol–water partition coefficient (Wildman–Crippen LogP) is 0.990. The van der Waals surface area contributed by atoms with Gasteiger partial charge in [-0.05, 0) is 31.4 Å². The van der Waals surface area contributed by atoms with Crippen LogP contribution >= 0.6 is 0 Å². The lowest BCUT2D eigenvalue weighted by molar-refractivity contribution is -0.265. The number of H-pyrrole nitrogens is 1. The van der Waals surface area contributed by atoms with E-state index in [0.29, 0.717) is 23.3 Å². The van der Waals surface area contributed by atoms with Crippen LogP contribution in [-0.4, -0.2) is 62.9 Å². The number of aromatic amines is 1. The normalized spacial score (nSPS) is 32.2. The number of aromatic nitrogens is 2. The van der Waals surface area contributed by atoms with Gasteiger partial charge in [0.15, 0.2) is 6.17 Å². The van der Waals surface area contributed by atoms with Gasteiger partial charge >= 0.3 is 0 Å². The Kier molecular flexibility index (Phi) is 5.71. The Morgan fingerprint density at radius 3 is 2.73 bits per heavy atom. The zero-order valence-electron chi connectivity index (χ0n) is 14.2. The van der Waals surface area contributed by atoms with E-state index in [2.05, 4.69) is 10.2 Å². The van der Waals surface area contributed by atoms with Crippen molar-refractivity contribution in [3.05, 3.63) is 34.8 Å². The molecule has 1 aliphatic heterocycles. The van der Waals surface area contributed by atoms with Gasteiger partial charge in [0.2, 0.25) is 12.2 Å². The number of hydrogen-bond acceptors (Lipinski definition) is 6. The summed E-state index contributed by atoms with van der Waals surface area (Å²) in [5.41, 5.74) is 1.72. The Morgan fingerprint density at radius 1 is 1.31 bits per heavy atom. The highest BCUT2D eigenvalue weighted by atomic mass is 19.1. The van der Waals surface area contributed by atoms with Crippen molar-refractivity contribution >= 4 is 0 Å². The molecule has 0 saturated carbocycles. The van der Waals surface area contributed by atoms with Gasteiger partial charge in [0.25, 0.3) is 0 Å². The maximum atomic E-state index is 14.0. The topological polar surface area (TPSA) is 108 Å². The van der Waals surface area contributed by atoms with Crippen molar-refractivity contribution in [1.29, 1.82) is 0 Å². The maximum absolute atomic E-state index is 14.0. The Bertz CT molecular complexity index is 703. The number of nitrogens with one attached hydrogen (secondary N) is 1. The van der Waals surface area contributed by atoms with Crippen LogP contribution in [0.4, 0.5) is 8.78 Å². The molecule has 4 N–H and O–H groups in total. The molecular formula is C17H22F2N2O5. The highest BCUT2D eigenvalue weighted by Gasteiger charge is 2.46.